The van der Waals surface area contributed by atoms with E-state index in [-0.39, 0.29) is 36.8 Å². The van der Waals surface area contributed by atoms with Crippen LogP contribution in [0.15, 0.2) is 30.3 Å². The Hall–Kier alpha value is -2.17. The first-order valence-electron chi connectivity index (χ1n) is 7.76. The molecule has 2 unspecified atom stereocenters. The number of carbonyl (C=O) groups is 3. The quantitative estimate of drug-likeness (QED) is 0.630. The summed E-state index contributed by atoms with van der Waals surface area (Å²) in [5, 5.41) is 0. The monoisotopic (exact) mass is 301 g/mol. The molecule has 0 spiro atoms. The second-order valence-electron chi connectivity index (χ2n) is 5.83. The fourth-order valence-corrected chi connectivity index (χ4v) is 3.34. The number of ether oxygens (including phenoxy) is 1. The molecule has 0 aromatic heterocycles. The summed E-state index contributed by atoms with van der Waals surface area (Å²) >= 11 is 0. The van der Waals surface area contributed by atoms with Crippen LogP contribution in [0.1, 0.15) is 36.0 Å². The van der Waals surface area contributed by atoms with Crippen LogP contribution in [0.5, 0.6) is 0 Å². The topological polar surface area (TPSA) is 63.7 Å². The minimum Gasteiger partial charge on any atom is -0.460 e. The van der Waals surface area contributed by atoms with E-state index >= 15 is 0 Å². The van der Waals surface area contributed by atoms with Crippen LogP contribution in [0, 0.1) is 11.8 Å². The molecule has 2 atom stereocenters. The number of hydrogen-bond acceptors (Lipinski definition) is 4. The number of likely N-dealkylation sites (tertiary alicyclic amines) is 1. The van der Waals surface area contributed by atoms with Crippen LogP contribution in [0.25, 0.3) is 0 Å². The molecule has 0 bridgehead atoms. The van der Waals surface area contributed by atoms with Gasteiger partial charge in [-0.3, -0.25) is 14.5 Å². The van der Waals surface area contributed by atoms with Gasteiger partial charge in [-0.15, -0.1) is 0 Å². The molecule has 5 nitrogen and oxygen atoms in total. The van der Waals surface area contributed by atoms with Gasteiger partial charge in [0.25, 0.3) is 0 Å². The number of hydrogen-bond donors (Lipinski definition) is 0. The molecule has 1 aromatic carbocycles. The number of imide groups is 1. The Morgan fingerprint density at radius 1 is 1.05 bits per heavy atom. The predicted octanol–water partition coefficient (Wildman–Crippen LogP) is 2.02. The highest BCUT2D eigenvalue weighted by Crippen LogP contribution is 2.37. The molecule has 2 fully saturated rings. The lowest BCUT2D eigenvalue weighted by Crippen LogP contribution is -2.34. The maximum Gasteiger partial charge on any atom is 0.338 e. The van der Waals surface area contributed by atoms with Crippen LogP contribution >= 0.6 is 0 Å². The standard InChI is InChI=1S/C17H19NO4/c19-15-13-8-4-5-9-14(13)16(20)18(15)10-11-22-17(21)12-6-2-1-3-7-12/h1-3,6-7,13-14H,4-5,8-11H2. The number of amides is 2. The zero-order chi connectivity index (χ0) is 15.5. The Bertz CT molecular complexity index is 560. The van der Waals surface area contributed by atoms with Crippen molar-refractivity contribution in [2.24, 2.45) is 11.8 Å². The number of esters is 1. The highest BCUT2D eigenvalue weighted by molar-refractivity contribution is 6.05. The zero-order valence-electron chi connectivity index (χ0n) is 12.4. The third kappa shape index (κ3) is 2.75. The highest BCUT2D eigenvalue weighted by atomic mass is 16.5. The van der Waals surface area contributed by atoms with E-state index in [1.54, 1.807) is 24.3 Å². The minimum absolute atomic E-state index is 0.0463. The molecule has 2 aliphatic rings. The second kappa shape index (κ2) is 6.30. The number of carbonyl (C=O) groups excluding carboxylic acids is 3. The first kappa shape index (κ1) is 14.8. The molecule has 1 aliphatic carbocycles. The van der Waals surface area contributed by atoms with Crippen LogP contribution in [-0.2, 0) is 14.3 Å². The first-order chi connectivity index (χ1) is 10.7. The lowest BCUT2D eigenvalue weighted by Gasteiger charge is -2.19. The minimum atomic E-state index is -0.433. The Kier molecular flexibility index (Phi) is 4.22. The van der Waals surface area contributed by atoms with Crippen LogP contribution in [0.3, 0.4) is 0 Å². The summed E-state index contributed by atoms with van der Waals surface area (Å²) in [6.45, 7) is 0.202. The van der Waals surface area contributed by atoms with Crippen molar-refractivity contribution in [1.29, 1.82) is 0 Å². The second-order valence-corrected chi connectivity index (χ2v) is 5.83. The summed E-state index contributed by atoms with van der Waals surface area (Å²) in [6, 6.07) is 8.68. The van der Waals surface area contributed by atoms with Gasteiger partial charge in [-0.1, -0.05) is 31.0 Å². The fraction of sp³-hybridized carbons (Fsp3) is 0.471. The van der Waals surface area contributed by atoms with Gasteiger partial charge < -0.3 is 4.74 Å². The van der Waals surface area contributed by atoms with Crippen molar-refractivity contribution >= 4 is 17.8 Å². The molecule has 1 heterocycles. The van der Waals surface area contributed by atoms with E-state index in [4.69, 9.17) is 4.74 Å². The van der Waals surface area contributed by atoms with Gasteiger partial charge in [0.15, 0.2) is 0 Å². The van der Waals surface area contributed by atoms with Gasteiger partial charge in [-0.05, 0) is 25.0 Å². The Morgan fingerprint density at radius 2 is 1.64 bits per heavy atom. The smallest absolute Gasteiger partial charge is 0.338 e. The fourth-order valence-electron chi connectivity index (χ4n) is 3.34. The summed E-state index contributed by atoms with van der Waals surface area (Å²) in [5.74, 6) is -0.912. The van der Waals surface area contributed by atoms with E-state index in [0.29, 0.717) is 5.56 Å². The van der Waals surface area contributed by atoms with Crippen LogP contribution in [0.4, 0.5) is 0 Å². The molecule has 0 radical (unpaired) electrons. The average molecular weight is 301 g/mol. The molecule has 116 valence electrons. The van der Waals surface area contributed by atoms with Crippen molar-refractivity contribution in [3.63, 3.8) is 0 Å². The Morgan fingerprint density at radius 3 is 2.23 bits per heavy atom. The first-order valence-corrected chi connectivity index (χ1v) is 7.76. The number of rotatable bonds is 4. The van der Waals surface area contributed by atoms with Crippen molar-refractivity contribution in [2.45, 2.75) is 25.7 Å². The molecular weight excluding hydrogens is 282 g/mol. The molecular formula is C17H19NO4. The van der Waals surface area contributed by atoms with E-state index in [1.807, 2.05) is 6.07 Å². The Balaban J connectivity index is 1.54. The third-order valence-electron chi connectivity index (χ3n) is 4.49. The van der Waals surface area contributed by atoms with E-state index in [1.165, 1.54) is 4.90 Å². The van der Waals surface area contributed by atoms with Gasteiger partial charge in [-0.2, -0.15) is 0 Å². The Labute approximate surface area is 129 Å². The summed E-state index contributed by atoms with van der Waals surface area (Å²) in [4.78, 5) is 37.6. The molecule has 1 saturated heterocycles. The zero-order valence-corrected chi connectivity index (χ0v) is 12.4. The lowest BCUT2D eigenvalue weighted by molar-refractivity contribution is -0.140. The molecule has 1 aromatic rings. The lowest BCUT2D eigenvalue weighted by atomic mass is 9.81. The van der Waals surface area contributed by atoms with Crippen molar-refractivity contribution in [1.82, 2.24) is 4.90 Å². The van der Waals surface area contributed by atoms with Crippen molar-refractivity contribution in [3.8, 4) is 0 Å². The van der Waals surface area contributed by atoms with Gasteiger partial charge in [0.05, 0.1) is 23.9 Å². The van der Waals surface area contributed by atoms with Crippen molar-refractivity contribution in [3.05, 3.63) is 35.9 Å². The summed E-state index contributed by atoms with van der Waals surface area (Å²) in [5.41, 5.74) is 0.468. The highest BCUT2D eigenvalue weighted by Gasteiger charge is 2.47. The predicted molar refractivity (Wildman–Crippen MR) is 78.9 cm³/mol. The molecule has 3 rings (SSSR count). The van der Waals surface area contributed by atoms with Crippen LogP contribution in [-0.4, -0.2) is 35.8 Å². The van der Waals surface area contributed by atoms with Gasteiger partial charge in [-0.25, -0.2) is 4.79 Å². The van der Waals surface area contributed by atoms with Gasteiger partial charge >= 0.3 is 5.97 Å². The molecule has 2 amide bonds. The number of nitrogens with zero attached hydrogens (tertiary/aromatic N) is 1. The van der Waals surface area contributed by atoms with E-state index in [9.17, 15) is 14.4 Å². The number of fused-ring (bicyclic) bond motifs is 1. The maximum atomic E-state index is 12.3. The van der Waals surface area contributed by atoms with Crippen LogP contribution < -0.4 is 0 Å². The average Bonchev–Trinajstić information content (AvgIpc) is 2.81. The maximum absolute atomic E-state index is 12.3. The molecule has 1 aliphatic heterocycles. The molecule has 1 saturated carbocycles. The largest absolute Gasteiger partial charge is 0.460 e. The molecule has 22 heavy (non-hydrogen) atoms. The normalized spacial score (nSPS) is 24.3. The molecule has 0 N–H and O–H groups in total. The van der Waals surface area contributed by atoms with Gasteiger partial charge in [0.1, 0.15) is 6.61 Å². The van der Waals surface area contributed by atoms with E-state index in [0.717, 1.165) is 25.7 Å². The van der Waals surface area contributed by atoms with Crippen molar-refractivity contribution < 1.29 is 19.1 Å². The summed E-state index contributed by atoms with van der Waals surface area (Å²) < 4.78 is 5.16. The van der Waals surface area contributed by atoms with Crippen molar-refractivity contribution in [2.75, 3.05) is 13.2 Å². The van der Waals surface area contributed by atoms with E-state index in [2.05, 4.69) is 0 Å². The van der Waals surface area contributed by atoms with Gasteiger partial charge in [0, 0.05) is 0 Å². The summed E-state index contributed by atoms with van der Waals surface area (Å²) in [7, 11) is 0. The SMILES string of the molecule is O=C(OCCN1C(=O)C2CCCCC2C1=O)c1ccccc1. The van der Waals surface area contributed by atoms with Gasteiger partial charge in [0.2, 0.25) is 11.8 Å². The summed E-state index contributed by atoms with van der Waals surface area (Å²) in [6.07, 6.45) is 3.62. The molecule has 5 heteroatoms. The van der Waals surface area contributed by atoms with Crippen LogP contribution in [0.2, 0.25) is 0 Å². The third-order valence-corrected chi connectivity index (χ3v) is 4.49. The number of benzene rings is 1. The van der Waals surface area contributed by atoms with E-state index < -0.39 is 5.97 Å².